The summed E-state index contributed by atoms with van der Waals surface area (Å²) in [7, 11) is 0. The zero-order chi connectivity index (χ0) is 20.7. The molecule has 7 heteroatoms. The fourth-order valence-corrected chi connectivity index (χ4v) is 5.04. The Balaban J connectivity index is 1.67. The Kier molecular flexibility index (Phi) is 5.45. The van der Waals surface area contributed by atoms with Crippen molar-refractivity contribution in [2.45, 2.75) is 58.5 Å². The molecule has 4 amide bonds. The third-order valence-corrected chi connectivity index (χ3v) is 5.93. The summed E-state index contributed by atoms with van der Waals surface area (Å²) < 4.78 is 0. The minimum atomic E-state index is -0.889. The third kappa shape index (κ3) is 4.17. The molecule has 28 heavy (non-hydrogen) atoms. The molecule has 3 atom stereocenters. The molecule has 0 unspecified atom stereocenters. The number of urea groups is 1. The lowest BCUT2D eigenvalue weighted by Gasteiger charge is -2.43. The Labute approximate surface area is 171 Å². The summed E-state index contributed by atoms with van der Waals surface area (Å²) in [5.41, 5.74) is -0.0308. The molecule has 1 saturated heterocycles. The molecular weight excluding hydrogens is 378 g/mol. The summed E-state index contributed by atoms with van der Waals surface area (Å²) in [4.78, 5) is 39.2. The third-order valence-electron chi connectivity index (χ3n) is 5.67. The van der Waals surface area contributed by atoms with Crippen molar-refractivity contribution in [3.8, 4) is 0 Å². The van der Waals surface area contributed by atoms with Crippen LogP contribution in [0, 0.1) is 11.3 Å². The number of carbonyl (C=O) groups is 3. The van der Waals surface area contributed by atoms with Gasteiger partial charge in [-0.05, 0) is 55.2 Å². The van der Waals surface area contributed by atoms with E-state index in [9.17, 15) is 14.4 Å². The number of hydrogen-bond acceptors (Lipinski definition) is 3. The van der Waals surface area contributed by atoms with Crippen molar-refractivity contribution in [1.82, 2.24) is 15.5 Å². The average Bonchev–Trinajstić information content (AvgIpc) is 2.77. The number of benzene rings is 1. The van der Waals surface area contributed by atoms with E-state index < -0.39 is 11.6 Å². The van der Waals surface area contributed by atoms with E-state index in [-0.39, 0.29) is 29.8 Å². The van der Waals surface area contributed by atoms with Crippen molar-refractivity contribution in [2.75, 3.05) is 6.54 Å². The van der Waals surface area contributed by atoms with Crippen LogP contribution in [-0.2, 0) is 9.59 Å². The summed E-state index contributed by atoms with van der Waals surface area (Å²) in [6.45, 7) is 7.91. The Morgan fingerprint density at radius 1 is 1.29 bits per heavy atom. The molecule has 1 aromatic rings. The standard InChI is InChI=1S/C21H28ClN3O3/c1-13-9-20(3,4)12-21(10-13)18(27)25(19(28)24-21)11-17(26)23-14(2)15-5-7-16(22)8-6-15/h5-8,13-14H,9-12H2,1-4H3,(H,23,26)(H,24,28)/t13-,14+,21-/m1/s1. The first-order valence-corrected chi connectivity index (χ1v) is 10.1. The monoisotopic (exact) mass is 405 g/mol. The number of hydrogen-bond donors (Lipinski definition) is 2. The maximum atomic E-state index is 13.1. The first-order chi connectivity index (χ1) is 13.0. The summed E-state index contributed by atoms with van der Waals surface area (Å²) in [5, 5.41) is 6.36. The van der Waals surface area contributed by atoms with Gasteiger partial charge >= 0.3 is 6.03 Å². The molecule has 6 nitrogen and oxygen atoms in total. The van der Waals surface area contributed by atoms with E-state index in [4.69, 9.17) is 11.6 Å². The van der Waals surface area contributed by atoms with Gasteiger partial charge in [0, 0.05) is 5.02 Å². The summed E-state index contributed by atoms with van der Waals surface area (Å²) >= 11 is 5.89. The molecule has 2 aliphatic rings. The van der Waals surface area contributed by atoms with Gasteiger partial charge in [-0.15, -0.1) is 0 Å². The molecule has 0 radical (unpaired) electrons. The lowest BCUT2D eigenvalue weighted by Crippen LogP contribution is -2.54. The van der Waals surface area contributed by atoms with Crippen LogP contribution in [0.15, 0.2) is 24.3 Å². The van der Waals surface area contributed by atoms with E-state index in [0.717, 1.165) is 16.9 Å². The van der Waals surface area contributed by atoms with E-state index in [1.165, 1.54) is 0 Å². The Morgan fingerprint density at radius 2 is 1.93 bits per heavy atom. The molecule has 2 N–H and O–H groups in total. The second-order valence-corrected chi connectivity index (χ2v) is 9.54. The van der Waals surface area contributed by atoms with Crippen molar-refractivity contribution in [2.24, 2.45) is 11.3 Å². The van der Waals surface area contributed by atoms with Gasteiger partial charge in [-0.3, -0.25) is 14.5 Å². The summed E-state index contributed by atoms with van der Waals surface area (Å²) in [5.74, 6) is -0.329. The first-order valence-electron chi connectivity index (χ1n) is 9.70. The normalized spacial score (nSPS) is 27.6. The summed E-state index contributed by atoms with van der Waals surface area (Å²) in [6.07, 6.45) is 2.21. The fourth-order valence-electron chi connectivity index (χ4n) is 4.92. The van der Waals surface area contributed by atoms with Gasteiger partial charge in [-0.2, -0.15) is 0 Å². The van der Waals surface area contributed by atoms with Gasteiger partial charge in [-0.25, -0.2) is 4.79 Å². The van der Waals surface area contributed by atoms with Crippen LogP contribution in [0.3, 0.4) is 0 Å². The summed E-state index contributed by atoms with van der Waals surface area (Å²) in [6, 6.07) is 6.44. The van der Waals surface area contributed by atoms with Crippen molar-refractivity contribution in [3.63, 3.8) is 0 Å². The number of rotatable bonds is 4. The van der Waals surface area contributed by atoms with Gasteiger partial charge in [0.15, 0.2) is 0 Å². The molecule has 1 aliphatic carbocycles. The molecule has 1 aliphatic heterocycles. The number of carbonyl (C=O) groups excluding carboxylic acids is 3. The second-order valence-electron chi connectivity index (χ2n) is 9.10. The predicted molar refractivity (Wildman–Crippen MR) is 108 cm³/mol. The Morgan fingerprint density at radius 3 is 2.54 bits per heavy atom. The van der Waals surface area contributed by atoms with Crippen molar-refractivity contribution < 1.29 is 14.4 Å². The second kappa shape index (κ2) is 7.39. The molecule has 1 aromatic carbocycles. The van der Waals surface area contributed by atoms with Crippen LogP contribution in [0.5, 0.6) is 0 Å². The first kappa shape index (κ1) is 20.6. The van der Waals surface area contributed by atoms with Crippen LogP contribution in [0.25, 0.3) is 0 Å². The van der Waals surface area contributed by atoms with Gasteiger partial charge in [0.05, 0.1) is 6.04 Å². The topological polar surface area (TPSA) is 78.5 Å². The number of nitrogens with zero attached hydrogens (tertiary/aromatic N) is 1. The molecule has 152 valence electrons. The van der Waals surface area contributed by atoms with E-state index in [2.05, 4.69) is 31.4 Å². The van der Waals surface area contributed by atoms with E-state index >= 15 is 0 Å². The predicted octanol–water partition coefficient (Wildman–Crippen LogP) is 3.65. The average molecular weight is 406 g/mol. The highest BCUT2D eigenvalue weighted by Gasteiger charge is 2.56. The van der Waals surface area contributed by atoms with E-state index in [1.54, 1.807) is 12.1 Å². The number of amides is 4. The van der Waals surface area contributed by atoms with Crippen LogP contribution < -0.4 is 10.6 Å². The largest absolute Gasteiger partial charge is 0.348 e. The highest BCUT2D eigenvalue weighted by atomic mass is 35.5. The molecular formula is C21H28ClN3O3. The smallest absolute Gasteiger partial charge is 0.325 e. The van der Waals surface area contributed by atoms with Crippen molar-refractivity contribution in [3.05, 3.63) is 34.9 Å². The van der Waals surface area contributed by atoms with Crippen LogP contribution in [-0.4, -0.2) is 34.8 Å². The van der Waals surface area contributed by atoms with E-state index in [1.807, 2.05) is 19.1 Å². The SMILES string of the molecule is C[C@@H]1CC(C)(C)C[C@@]2(C1)NC(=O)N(CC(=O)N[C@@H](C)c1ccc(Cl)cc1)C2=O. The van der Waals surface area contributed by atoms with E-state index in [0.29, 0.717) is 23.8 Å². The molecule has 1 heterocycles. The molecule has 1 spiro atoms. The molecule has 0 aromatic heterocycles. The lowest BCUT2D eigenvalue weighted by atomic mass is 9.64. The number of imide groups is 1. The Bertz CT molecular complexity index is 793. The van der Waals surface area contributed by atoms with Gasteiger partial charge in [0.2, 0.25) is 5.91 Å². The molecule has 2 fully saturated rings. The minimum absolute atomic E-state index is 0.0397. The zero-order valence-corrected chi connectivity index (χ0v) is 17.6. The fraction of sp³-hybridized carbons (Fsp3) is 0.571. The molecule has 0 bridgehead atoms. The molecule has 1 saturated carbocycles. The van der Waals surface area contributed by atoms with Gasteiger partial charge in [0.1, 0.15) is 12.1 Å². The molecule has 3 rings (SSSR count). The quantitative estimate of drug-likeness (QED) is 0.750. The maximum absolute atomic E-state index is 13.1. The van der Waals surface area contributed by atoms with Crippen LogP contribution >= 0.6 is 11.6 Å². The maximum Gasteiger partial charge on any atom is 0.325 e. The lowest BCUT2D eigenvalue weighted by molar-refractivity contribution is -0.137. The zero-order valence-electron chi connectivity index (χ0n) is 16.8. The van der Waals surface area contributed by atoms with Crippen LogP contribution in [0.4, 0.5) is 4.79 Å². The van der Waals surface area contributed by atoms with Gasteiger partial charge in [0.25, 0.3) is 5.91 Å². The minimum Gasteiger partial charge on any atom is -0.348 e. The van der Waals surface area contributed by atoms with Gasteiger partial charge < -0.3 is 10.6 Å². The highest BCUT2D eigenvalue weighted by molar-refractivity contribution is 6.30. The number of halogens is 1. The Hall–Kier alpha value is -2.08. The van der Waals surface area contributed by atoms with Crippen LogP contribution in [0.2, 0.25) is 5.02 Å². The highest BCUT2D eigenvalue weighted by Crippen LogP contribution is 2.46. The van der Waals surface area contributed by atoms with Crippen LogP contribution in [0.1, 0.15) is 58.6 Å². The van der Waals surface area contributed by atoms with Crippen molar-refractivity contribution in [1.29, 1.82) is 0 Å². The van der Waals surface area contributed by atoms with Crippen molar-refractivity contribution >= 4 is 29.4 Å². The van der Waals surface area contributed by atoms with Gasteiger partial charge in [-0.1, -0.05) is 44.5 Å². The number of nitrogens with one attached hydrogen (secondary N) is 2.